The molecule has 3 N–H and O–H groups in total. The Morgan fingerprint density at radius 2 is 1.75 bits per heavy atom. The second-order valence-corrected chi connectivity index (χ2v) is 4.12. The maximum atomic E-state index is 9.17. The van der Waals surface area contributed by atoms with Gasteiger partial charge in [0.25, 0.3) is 0 Å². The zero-order valence-electron chi connectivity index (χ0n) is 10.2. The minimum absolute atomic E-state index is 0.157. The van der Waals surface area contributed by atoms with Crippen molar-refractivity contribution in [3.63, 3.8) is 0 Å². The van der Waals surface area contributed by atoms with Gasteiger partial charge in [-0.2, -0.15) is 0 Å². The number of aromatic hydroxyl groups is 1. The van der Waals surface area contributed by atoms with Crippen LogP contribution < -0.4 is 5.73 Å². The molecule has 0 fully saturated rings. The quantitative estimate of drug-likeness (QED) is 0.768. The highest BCUT2D eigenvalue weighted by Gasteiger charge is 2.08. The van der Waals surface area contributed by atoms with Crippen molar-refractivity contribution >= 4 is 0 Å². The van der Waals surface area contributed by atoms with Crippen molar-refractivity contribution < 1.29 is 5.11 Å². The van der Waals surface area contributed by atoms with Gasteiger partial charge in [0, 0.05) is 12.6 Å². The summed E-state index contributed by atoms with van der Waals surface area (Å²) in [5, 5.41) is 9.17. The number of likely N-dealkylation sites (N-methyl/N-ethyl adjacent to an activating group) is 1. The van der Waals surface area contributed by atoms with Crippen LogP contribution in [0.25, 0.3) is 0 Å². The van der Waals surface area contributed by atoms with Gasteiger partial charge < -0.3 is 15.7 Å². The van der Waals surface area contributed by atoms with E-state index in [1.54, 1.807) is 12.1 Å². The Kier molecular flexibility index (Phi) is 5.29. The Morgan fingerprint density at radius 3 is 2.25 bits per heavy atom. The second kappa shape index (κ2) is 6.51. The summed E-state index contributed by atoms with van der Waals surface area (Å²) >= 11 is 0. The van der Waals surface area contributed by atoms with Crippen molar-refractivity contribution in [1.82, 2.24) is 4.90 Å². The summed E-state index contributed by atoms with van der Waals surface area (Å²) in [6.07, 6.45) is 0.858. The molecular formula is C13H22N2O. The molecule has 0 amide bonds. The van der Waals surface area contributed by atoms with Gasteiger partial charge in [-0.3, -0.25) is 0 Å². The monoisotopic (exact) mass is 222 g/mol. The normalized spacial score (nSPS) is 13.0. The lowest BCUT2D eigenvalue weighted by Crippen LogP contribution is -2.38. The predicted octanol–water partition coefficient (Wildman–Crippen LogP) is 1.60. The largest absolute Gasteiger partial charge is 0.508 e. The van der Waals surface area contributed by atoms with E-state index < -0.39 is 0 Å². The van der Waals surface area contributed by atoms with E-state index in [-0.39, 0.29) is 6.04 Å². The topological polar surface area (TPSA) is 49.5 Å². The maximum absolute atomic E-state index is 9.17. The van der Waals surface area contributed by atoms with E-state index in [2.05, 4.69) is 18.7 Å². The molecule has 0 saturated heterocycles. The zero-order chi connectivity index (χ0) is 12.0. The Bertz CT molecular complexity index is 293. The van der Waals surface area contributed by atoms with Crippen LogP contribution in [0.15, 0.2) is 24.3 Å². The van der Waals surface area contributed by atoms with Gasteiger partial charge in [0.1, 0.15) is 5.75 Å². The molecule has 1 atom stereocenters. The number of rotatable bonds is 6. The van der Waals surface area contributed by atoms with Gasteiger partial charge in [0.15, 0.2) is 0 Å². The Labute approximate surface area is 97.9 Å². The third kappa shape index (κ3) is 4.21. The summed E-state index contributed by atoms with van der Waals surface area (Å²) in [4.78, 5) is 2.32. The average molecular weight is 222 g/mol. The van der Waals surface area contributed by atoms with Gasteiger partial charge in [-0.25, -0.2) is 0 Å². The smallest absolute Gasteiger partial charge is 0.115 e. The molecular weight excluding hydrogens is 200 g/mol. The van der Waals surface area contributed by atoms with Crippen molar-refractivity contribution in [2.75, 3.05) is 19.6 Å². The third-order valence-corrected chi connectivity index (χ3v) is 2.82. The molecule has 0 aliphatic rings. The minimum Gasteiger partial charge on any atom is -0.508 e. The fourth-order valence-electron chi connectivity index (χ4n) is 1.81. The van der Waals surface area contributed by atoms with Gasteiger partial charge in [-0.1, -0.05) is 26.0 Å². The van der Waals surface area contributed by atoms with Gasteiger partial charge in [-0.05, 0) is 37.2 Å². The fourth-order valence-corrected chi connectivity index (χ4v) is 1.81. The lowest BCUT2D eigenvalue weighted by atomic mass is 10.1. The van der Waals surface area contributed by atoms with Gasteiger partial charge in [0.05, 0.1) is 0 Å². The van der Waals surface area contributed by atoms with E-state index in [9.17, 15) is 5.11 Å². The van der Waals surface area contributed by atoms with Crippen LogP contribution in [-0.4, -0.2) is 35.7 Å². The summed E-state index contributed by atoms with van der Waals surface area (Å²) in [5.74, 6) is 0.307. The number of hydrogen-bond donors (Lipinski definition) is 2. The van der Waals surface area contributed by atoms with Crippen LogP contribution in [0.5, 0.6) is 5.75 Å². The number of nitrogens with zero attached hydrogens (tertiary/aromatic N) is 1. The van der Waals surface area contributed by atoms with Crippen LogP contribution in [0.2, 0.25) is 0 Å². The molecule has 1 aromatic carbocycles. The first-order valence-electron chi connectivity index (χ1n) is 5.91. The molecule has 0 heterocycles. The molecule has 0 radical (unpaired) electrons. The van der Waals surface area contributed by atoms with Crippen molar-refractivity contribution in [2.45, 2.75) is 26.3 Å². The molecule has 3 nitrogen and oxygen atoms in total. The Hall–Kier alpha value is -1.06. The Balaban J connectivity index is 2.44. The summed E-state index contributed by atoms with van der Waals surface area (Å²) in [6, 6.07) is 7.43. The SMILES string of the molecule is CCN(CC)CC(N)Cc1ccc(O)cc1. The number of phenols is 1. The van der Waals surface area contributed by atoms with Crippen molar-refractivity contribution in [2.24, 2.45) is 5.73 Å². The van der Waals surface area contributed by atoms with Gasteiger partial charge in [-0.15, -0.1) is 0 Å². The summed E-state index contributed by atoms with van der Waals surface area (Å²) in [5.41, 5.74) is 7.27. The highest BCUT2D eigenvalue weighted by molar-refractivity contribution is 5.26. The van der Waals surface area contributed by atoms with Gasteiger partial charge in [0.2, 0.25) is 0 Å². The standard InChI is InChI=1S/C13H22N2O/c1-3-15(4-2)10-12(14)9-11-5-7-13(16)8-6-11/h5-8,12,16H,3-4,9-10,14H2,1-2H3. The number of nitrogens with two attached hydrogens (primary N) is 1. The minimum atomic E-state index is 0.157. The fraction of sp³-hybridized carbons (Fsp3) is 0.538. The molecule has 0 saturated carbocycles. The lowest BCUT2D eigenvalue weighted by molar-refractivity contribution is 0.282. The van der Waals surface area contributed by atoms with Crippen LogP contribution in [0.1, 0.15) is 19.4 Å². The molecule has 0 aromatic heterocycles. The number of hydrogen-bond acceptors (Lipinski definition) is 3. The maximum Gasteiger partial charge on any atom is 0.115 e. The predicted molar refractivity (Wildman–Crippen MR) is 67.6 cm³/mol. The first-order valence-corrected chi connectivity index (χ1v) is 5.91. The first kappa shape index (κ1) is 13.0. The number of benzene rings is 1. The molecule has 90 valence electrons. The molecule has 1 rings (SSSR count). The lowest BCUT2D eigenvalue weighted by Gasteiger charge is -2.22. The van der Waals surface area contributed by atoms with Crippen molar-refractivity contribution in [3.8, 4) is 5.75 Å². The van der Waals surface area contributed by atoms with Crippen molar-refractivity contribution in [3.05, 3.63) is 29.8 Å². The van der Waals surface area contributed by atoms with E-state index in [4.69, 9.17) is 5.73 Å². The highest BCUT2D eigenvalue weighted by atomic mass is 16.3. The van der Waals surface area contributed by atoms with E-state index in [0.717, 1.165) is 26.1 Å². The second-order valence-electron chi connectivity index (χ2n) is 4.12. The van der Waals surface area contributed by atoms with E-state index in [1.807, 2.05) is 12.1 Å². The number of phenolic OH excluding ortho intramolecular Hbond substituents is 1. The summed E-state index contributed by atoms with van der Waals surface area (Å²) in [7, 11) is 0. The van der Waals surface area contributed by atoms with Crippen LogP contribution in [0, 0.1) is 0 Å². The molecule has 16 heavy (non-hydrogen) atoms. The zero-order valence-corrected chi connectivity index (χ0v) is 10.2. The van der Waals surface area contributed by atoms with Crippen LogP contribution >= 0.6 is 0 Å². The molecule has 1 unspecified atom stereocenters. The van der Waals surface area contributed by atoms with Crippen LogP contribution in [-0.2, 0) is 6.42 Å². The van der Waals surface area contributed by atoms with E-state index >= 15 is 0 Å². The van der Waals surface area contributed by atoms with E-state index in [0.29, 0.717) is 5.75 Å². The van der Waals surface area contributed by atoms with Crippen LogP contribution in [0.4, 0.5) is 0 Å². The molecule has 0 aliphatic heterocycles. The Morgan fingerprint density at radius 1 is 1.19 bits per heavy atom. The highest BCUT2D eigenvalue weighted by Crippen LogP contribution is 2.11. The molecule has 0 spiro atoms. The van der Waals surface area contributed by atoms with Gasteiger partial charge >= 0.3 is 0 Å². The van der Waals surface area contributed by atoms with E-state index in [1.165, 1.54) is 5.56 Å². The molecule has 3 heteroatoms. The molecule has 0 bridgehead atoms. The summed E-state index contributed by atoms with van der Waals surface area (Å²) < 4.78 is 0. The first-order chi connectivity index (χ1) is 7.65. The molecule has 1 aromatic rings. The van der Waals surface area contributed by atoms with Crippen LogP contribution in [0.3, 0.4) is 0 Å². The molecule has 0 aliphatic carbocycles. The van der Waals surface area contributed by atoms with Crippen molar-refractivity contribution in [1.29, 1.82) is 0 Å². The summed E-state index contributed by atoms with van der Waals surface area (Å²) in [6.45, 7) is 7.31. The average Bonchev–Trinajstić information content (AvgIpc) is 2.29. The third-order valence-electron chi connectivity index (χ3n) is 2.82.